The number of nitrogens with zero attached hydrogens (tertiary/aromatic N) is 1. The number of halogens is 2. The summed E-state index contributed by atoms with van der Waals surface area (Å²) in [5, 5.41) is 0. The molecule has 1 heterocycles. The van der Waals surface area contributed by atoms with Crippen LogP contribution in [0.5, 0.6) is 0 Å². The number of likely N-dealkylation sites (tertiary alicyclic amines) is 1. The van der Waals surface area contributed by atoms with Gasteiger partial charge in [0.05, 0.1) is 6.04 Å². The van der Waals surface area contributed by atoms with E-state index in [1.54, 1.807) is 20.8 Å². The molecule has 1 amide bonds. The zero-order valence-electron chi connectivity index (χ0n) is 15.3. The molecule has 2 aliphatic rings. The van der Waals surface area contributed by atoms with Gasteiger partial charge in [0.25, 0.3) is 0 Å². The number of carbonyl (C=O) groups excluding carboxylic acids is 3. The second-order valence-corrected chi connectivity index (χ2v) is 9.16. The molecule has 1 aliphatic carbocycles. The third-order valence-corrected chi connectivity index (χ3v) is 5.45. The van der Waals surface area contributed by atoms with Gasteiger partial charge in [-0.15, -0.1) is 0 Å². The SMILES string of the molecule is CC(C)(C)OC(=O)N1[C@H]2[C@@H](C[C@H]1C(=O)OCc1ccccc1)C(=O)C2(Cl)Cl. The number of esters is 1. The minimum absolute atomic E-state index is 0.0640. The fraction of sp³-hybridized carbons (Fsp3) is 0.526. The van der Waals surface area contributed by atoms with Crippen molar-refractivity contribution in [3.63, 3.8) is 0 Å². The van der Waals surface area contributed by atoms with E-state index >= 15 is 0 Å². The molecule has 1 aromatic carbocycles. The number of carbonyl (C=O) groups is 3. The van der Waals surface area contributed by atoms with Gasteiger partial charge >= 0.3 is 12.1 Å². The summed E-state index contributed by atoms with van der Waals surface area (Å²) in [7, 11) is 0. The Balaban J connectivity index is 1.78. The first kappa shape index (κ1) is 20.0. The average molecular weight is 414 g/mol. The molecule has 0 bridgehead atoms. The zero-order chi connectivity index (χ0) is 20.0. The Bertz CT molecular complexity index is 759. The summed E-state index contributed by atoms with van der Waals surface area (Å²) in [6, 6.07) is 7.39. The van der Waals surface area contributed by atoms with Gasteiger partial charge in [0, 0.05) is 5.92 Å². The minimum atomic E-state index is -1.74. The Morgan fingerprint density at radius 1 is 1.22 bits per heavy atom. The highest BCUT2D eigenvalue weighted by atomic mass is 35.5. The standard InChI is InChI=1S/C19H21Cl2NO5/c1-18(2,3)27-17(25)22-13(9-12-14(22)19(20,21)15(12)23)16(24)26-10-11-7-5-4-6-8-11/h4-8,12-14H,9-10H2,1-3H3/t12-,13+,14+/m1/s1. The molecule has 146 valence electrons. The normalized spacial score (nSPS) is 26.2. The quantitative estimate of drug-likeness (QED) is 0.560. The molecule has 1 saturated heterocycles. The lowest BCUT2D eigenvalue weighted by Crippen LogP contribution is -2.65. The van der Waals surface area contributed by atoms with Crippen LogP contribution in [0.3, 0.4) is 0 Å². The van der Waals surface area contributed by atoms with E-state index in [-0.39, 0.29) is 18.8 Å². The number of amides is 1. The van der Waals surface area contributed by atoms with Crippen molar-refractivity contribution in [1.29, 1.82) is 0 Å². The molecule has 0 radical (unpaired) electrons. The molecular weight excluding hydrogens is 393 g/mol. The van der Waals surface area contributed by atoms with Crippen LogP contribution in [-0.2, 0) is 25.7 Å². The van der Waals surface area contributed by atoms with Crippen molar-refractivity contribution in [3.05, 3.63) is 35.9 Å². The van der Waals surface area contributed by atoms with Crippen LogP contribution in [-0.4, -0.2) is 44.8 Å². The van der Waals surface area contributed by atoms with Gasteiger partial charge in [-0.25, -0.2) is 9.59 Å². The van der Waals surface area contributed by atoms with Crippen molar-refractivity contribution < 1.29 is 23.9 Å². The van der Waals surface area contributed by atoms with Crippen molar-refractivity contribution >= 4 is 41.0 Å². The topological polar surface area (TPSA) is 72.9 Å². The molecule has 8 heteroatoms. The van der Waals surface area contributed by atoms with Gasteiger partial charge in [0.1, 0.15) is 18.2 Å². The summed E-state index contributed by atoms with van der Waals surface area (Å²) >= 11 is 12.2. The van der Waals surface area contributed by atoms with Crippen LogP contribution in [0.1, 0.15) is 32.8 Å². The summed E-state index contributed by atoms with van der Waals surface area (Å²) in [6.45, 7) is 5.19. The van der Waals surface area contributed by atoms with Crippen LogP contribution >= 0.6 is 23.2 Å². The van der Waals surface area contributed by atoms with E-state index in [0.29, 0.717) is 0 Å². The summed E-state index contributed by atoms with van der Waals surface area (Å²) in [5.41, 5.74) is 0.0404. The number of ether oxygens (including phenoxy) is 2. The maximum Gasteiger partial charge on any atom is 0.411 e. The van der Waals surface area contributed by atoms with E-state index in [1.165, 1.54) is 4.90 Å². The lowest BCUT2D eigenvalue weighted by Gasteiger charge is -2.45. The molecule has 1 aliphatic heterocycles. The van der Waals surface area contributed by atoms with E-state index in [2.05, 4.69) is 0 Å². The molecule has 0 unspecified atom stereocenters. The lowest BCUT2D eigenvalue weighted by molar-refractivity contribution is -0.151. The third-order valence-electron chi connectivity index (χ3n) is 4.63. The van der Waals surface area contributed by atoms with Gasteiger partial charge < -0.3 is 9.47 Å². The number of ketones is 1. The lowest BCUT2D eigenvalue weighted by atomic mass is 9.77. The minimum Gasteiger partial charge on any atom is -0.459 e. The van der Waals surface area contributed by atoms with E-state index < -0.39 is 40.0 Å². The summed E-state index contributed by atoms with van der Waals surface area (Å²) < 4.78 is 9.02. The van der Waals surface area contributed by atoms with Gasteiger partial charge in [-0.3, -0.25) is 9.69 Å². The van der Waals surface area contributed by atoms with Crippen LogP contribution in [0.25, 0.3) is 0 Å². The molecule has 1 saturated carbocycles. The van der Waals surface area contributed by atoms with E-state index in [1.807, 2.05) is 30.3 Å². The highest BCUT2D eigenvalue weighted by Crippen LogP contribution is 2.53. The zero-order valence-corrected chi connectivity index (χ0v) is 16.8. The molecule has 27 heavy (non-hydrogen) atoms. The Labute approximate surface area is 167 Å². The molecular formula is C19H21Cl2NO5. The summed E-state index contributed by atoms with van der Waals surface area (Å²) in [6.07, 6.45) is -0.618. The number of Topliss-reactive ketones (excluding diaryl/α,β-unsaturated/α-hetero) is 1. The maximum atomic E-state index is 12.7. The molecule has 1 aromatic rings. The van der Waals surface area contributed by atoms with Gasteiger partial charge in [0.2, 0.25) is 0 Å². The first-order valence-corrected chi connectivity index (χ1v) is 9.42. The van der Waals surface area contributed by atoms with Crippen LogP contribution < -0.4 is 0 Å². The molecule has 3 atom stereocenters. The Morgan fingerprint density at radius 3 is 2.44 bits per heavy atom. The predicted molar refractivity (Wildman–Crippen MR) is 99.4 cm³/mol. The first-order chi connectivity index (χ1) is 12.5. The fourth-order valence-corrected chi connectivity index (χ4v) is 4.23. The number of hydrogen-bond donors (Lipinski definition) is 0. The molecule has 3 rings (SSSR count). The van der Waals surface area contributed by atoms with Gasteiger partial charge in [-0.1, -0.05) is 53.5 Å². The van der Waals surface area contributed by atoms with Crippen molar-refractivity contribution in [2.24, 2.45) is 5.92 Å². The number of benzene rings is 1. The van der Waals surface area contributed by atoms with Gasteiger partial charge in [-0.05, 0) is 32.8 Å². The average Bonchev–Trinajstić information content (AvgIpc) is 2.98. The Kier molecular flexibility index (Phi) is 5.16. The van der Waals surface area contributed by atoms with Crippen molar-refractivity contribution in [2.45, 2.75) is 55.8 Å². The van der Waals surface area contributed by atoms with Gasteiger partial charge in [-0.2, -0.15) is 0 Å². The molecule has 2 fully saturated rings. The van der Waals surface area contributed by atoms with E-state index in [9.17, 15) is 14.4 Å². The van der Waals surface area contributed by atoms with Gasteiger partial charge in [0.15, 0.2) is 10.1 Å². The monoisotopic (exact) mass is 413 g/mol. The van der Waals surface area contributed by atoms with Crippen LogP contribution in [0.2, 0.25) is 0 Å². The van der Waals surface area contributed by atoms with E-state index in [4.69, 9.17) is 32.7 Å². The number of alkyl halides is 2. The highest BCUT2D eigenvalue weighted by Gasteiger charge is 2.70. The molecule has 6 nitrogen and oxygen atoms in total. The predicted octanol–water partition coefficient (Wildman–Crippen LogP) is 3.48. The first-order valence-electron chi connectivity index (χ1n) is 8.66. The second-order valence-electron chi connectivity index (χ2n) is 7.77. The number of fused-ring (bicyclic) bond motifs is 1. The van der Waals surface area contributed by atoms with Crippen molar-refractivity contribution in [2.75, 3.05) is 0 Å². The van der Waals surface area contributed by atoms with Crippen LogP contribution in [0.4, 0.5) is 4.79 Å². The van der Waals surface area contributed by atoms with Crippen molar-refractivity contribution in [1.82, 2.24) is 4.90 Å². The van der Waals surface area contributed by atoms with E-state index in [0.717, 1.165) is 5.56 Å². The molecule has 0 aromatic heterocycles. The van der Waals surface area contributed by atoms with Crippen molar-refractivity contribution in [3.8, 4) is 0 Å². The molecule has 0 spiro atoms. The number of rotatable bonds is 3. The number of hydrogen-bond acceptors (Lipinski definition) is 5. The summed E-state index contributed by atoms with van der Waals surface area (Å²) in [5.74, 6) is -1.60. The maximum absolute atomic E-state index is 12.7. The molecule has 0 N–H and O–H groups in total. The largest absolute Gasteiger partial charge is 0.459 e. The van der Waals surface area contributed by atoms with Crippen LogP contribution in [0.15, 0.2) is 30.3 Å². The highest BCUT2D eigenvalue weighted by molar-refractivity contribution is 6.61. The second kappa shape index (κ2) is 6.99. The van der Waals surface area contributed by atoms with Crippen LogP contribution in [0, 0.1) is 5.92 Å². The fourth-order valence-electron chi connectivity index (χ4n) is 3.44. The third kappa shape index (κ3) is 3.78. The smallest absolute Gasteiger partial charge is 0.411 e. The Morgan fingerprint density at radius 2 is 1.85 bits per heavy atom. The Hall–Kier alpha value is -1.79. The summed E-state index contributed by atoms with van der Waals surface area (Å²) in [4.78, 5) is 38.7.